The zero-order valence-corrected chi connectivity index (χ0v) is 12.8. The number of nitrogens with zero attached hydrogens (tertiary/aromatic N) is 1. The third-order valence-electron chi connectivity index (χ3n) is 3.19. The average molecular weight is 326 g/mol. The van der Waals surface area contributed by atoms with E-state index < -0.39 is 5.82 Å². The number of carbonyl (C=O) groups excluding carboxylic acids is 2. The van der Waals surface area contributed by atoms with Crippen LogP contribution in [0.5, 0.6) is 5.75 Å². The normalized spacial score (nSPS) is 9.83. The average Bonchev–Trinajstić information content (AvgIpc) is 2.59. The maximum Gasteiger partial charge on any atom is 0.224 e. The highest BCUT2D eigenvalue weighted by molar-refractivity contribution is 5.99. The molecule has 2 aromatic carbocycles. The van der Waals surface area contributed by atoms with Crippen LogP contribution >= 0.6 is 0 Å². The van der Waals surface area contributed by atoms with Gasteiger partial charge >= 0.3 is 0 Å². The van der Waals surface area contributed by atoms with Crippen molar-refractivity contribution < 1.29 is 18.7 Å². The van der Waals surface area contributed by atoms with E-state index in [1.165, 1.54) is 24.3 Å². The molecule has 0 radical (unpaired) electrons. The van der Waals surface area contributed by atoms with Crippen molar-refractivity contribution in [3.63, 3.8) is 0 Å². The van der Waals surface area contributed by atoms with Gasteiger partial charge in [-0.05, 0) is 48.5 Å². The number of ether oxygens (including phenoxy) is 1. The van der Waals surface area contributed by atoms with Gasteiger partial charge in [0, 0.05) is 24.1 Å². The number of anilines is 1. The van der Waals surface area contributed by atoms with E-state index in [1.807, 2.05) is 6.07 Å². The fourth-order valence-electron chi connectivity index (χ4n) is 1.98. The molecule has 0 bridgehead atoms. The van der Waals surface area contributed by atoms with E-state index in [-0.39, 0.29) is 31.1 Å². The number of Topliss-reactive ketones (excluding diaryl/α,β-unsaturated/α-hetero) is 1. The van der Waals surface area contributed by atoms with E-state index in [1.54, 1.807) is 24.3 Å². The monoisotopic (exact) mass is 326 g/mol. The molecule has 6 heteroatoms. The van der Waals surface area contributed by atoms with Crippen molar-refractivity contribution in [3.05, 3.63) is 59.9 Å². The maximum atomic E-state index is 12.8. The van der Waals surface area contributed by atoms with Crippen LogP contribution in [0.25, 0.3) is 0 Å². The summed E-state index contributed by atoms with van der Waals surface area (Å²) in [5, 5.41) is 11.1. The Balaban J connectivity index is 1.81. The van der Waals surface area contributed by atoms with Gasteiger partial charge < -0.3 is 10.1 Å². The van der Waals surface area contributed by atoms with Crippen molar-refractivity contribution in [1.29, 1.82) is 5.26 Å². The molecule has 2 aromatic rings. The standard InChI is InChI=1S/C18H15FN2O3/c19-14-3-1-13(2-4-14)17(22)9-10-18(23)21-15-5-7-16(8-6-15)24-12-11-20/h1-8H,9-10,12H2,(H,21,23). The van der Waals surface area contributed by atoms with Crippen molar-refractivity contribution in [1.82, 2.24) is 0 Å². The molecular formula is C18H15FN2O3. The molecule has 24 heavy (non-hydrogen) atoms. The largest absolute Gasteiger partial charge is 0.479 e. The third-order valence-corrected chi connectivity index (χ3v) is 3.19. The minimum atomic E-state index is -0.411. The van der Waals surface area contributed by atoms with E-state index in [9.17, 15) is 14.0 Å². The highest BCUT2D eigenvalue weighted by Crippen LogP contribution is 2.16. The summed E-state index contributed by atoms with van der Waals surface area (Å²) in [5.74, 6) is -0.394. The smallest absolute Gasteiger partial charge is 0.224 e. The van der Waals surface area contributed by atoms with Crippen LogP contribution in [-0.2, 0) is 4.79 Å². The van der Waals surface area contributed by atoms with Crippen molar-refractivity contribution in [3.8, 4) is 11.8 Å². The van der Waals surface area contributed by atoms with Gasteiger partial charge in [0.25, 0.3) is 0 Å². The first-order valence-corrected chi connectivity index (χ1v) is 7.27. The second kappa shape index (κ2) is 8.44. The molecule has 0 saturated heterocycles. The first-order valence-electron chi connectivity index (χ1n) is 7.27. The molecule has 1 amide bonds. The Morgan fingerprint density at radius 1 is 1.04 bits per heavy atom. The van der Waals surface area contributed by atoms with E-state index in [4.69, 9.17) is 10.00 Å². The van der Waals surface area contributed by atoms with Crippen LogP contribution in [0.3, 0.4) is 0 Å². The molecule has 0 aliphatic carbocycles. The molecular weight excluding hydrogens is 311 g/mol. The van der Waals surface area contributed by atoms with Crippen LogP contribution in [0.15, 0.2) is 48.5 Å². The second-order valence-electron chi connectivity index (χ2n) is 4.95. The van der Waals surface area contributed by atoms with Crippen LogP contribution in [0.1, 0.15) is 23.2 Å². The van der Waals surface area contributed by atoms with E-state index in [0.29, 0.717) is 17.0 Å². The zero-order chi connectivity index (χ0) is 17.4. The summed E-state index contributed by atoms with van der Waals surface area (Å²) < 4.78 is 17.9. The Bertz CT molecular complexity index is 749. The number of hydrogen-bond donors (Lipinski definition) is 1. The first-order chi connectivity index (χ1) is 11.6. The molecule has 0 heterocycles. The van der Waals surface area contributed by atoms with Crippen LogP contribution in [-0.4, -0.2) is 18.3 Å². The summed E-state index contributed by atoms with van der Waals surface area (Å²) in [7, 11) is 0. The summed E-state index contributed by atoms with van der Waals surface area (Å²) in [5.41, 5.74) is 0.946. The minimum Gasteiger partial charge on any atom is -0.479 e. The summed E-state index contributed by atoms with van der Waals surface area (Å²) in [6.07, 6.45) is 0.0731. The third kappa shape index (κ3) is 5.21. The second-order valence-corrected chi connectivity index (χ2v) is 4.95. The summed E-state index contributed by atoms with van der Waals surface area (Å²) in [4.78, 5) is 23.8. The fourth-order valence-corrected chi connectivity index (χ4v) is 1.98. The molecule has 0 saturated carbocycles. The summed E-state index contributed by atoms with van der Waals surface area (Å²) in [6, 6.07) is 13.6. The molecule has 0 aliphatic heterocycles. The van der Waals surface area contributed by atoms with Crippen LogP contribution in [0.4, 0.5) is 10.1 Å². The van der Waals surface area contributed by atoms with Gasteiger partial charge in [0.1, 0.15) is 17.6 Å². The first kappa shape index (κ1) is 17.2. The molecule has 0 atom stereocenters. The predicted octanol–water partition coefficient (Wildman–Crippen LogP) is 3.33. The number of hydrogen-bond acceptors (Lipinski definition) is 4. The van der Waals surface area contributed by atoms with Gasteiger partial charge in [-0.2, -0.15) is 5.26 Å². The molecule has 0 aliphatic rings. The van der Waals surface area contributed by atoms with Crippen molar-refractivity contribution in [2.45, 2.75) is 12.8 Å². The van der Waals surface area contributed by atoms with Gasteiger partial charge in [0.15, 0.2) is 12.4 Å². The Hall–Kier alpha value is -3.20. The lowest BCUT2D eigenvalue weighted by Crippen LogP contribution is -2.13. The maximum absolute atomic E-state index is 12.8. The Morgan fingerprint density at radius 3 is 2.33 bits per heavy atom. The highest BCUT2D eigenvalue weighted by atomic mass is 19.1. The van der Waals surface area contributed by atoms with Gasteiger partial charge in [0.05, 0.1) is 0 Å². The summed E-state index contributed by atoms with van der Waals surface area (Å²) >= 11 is 0. The number of amides is 1. The zero-order valence-electron chi connectivity index (χ0n) is 12.8. The number of nitrogens with one attached hydrogen (secondary N) is 1. The molecule has 0 fully saturated rings. The number of ketones is 1. The van der Waals surface area contributed by atoms with Gasteiger partial charge in [-0.25, -0.2) is 4.39 Å². The lowest BCUT2D eigenvalue weighted by molar-refractivity contribution is -0.116. The van der Waals surface area contributed by atoms with Gasteiger partial charge in [-0.3, -0.25) is 9.59 Å². The minimum absolute atomic E-state index is 0.0306. The number of rotatable bonds is 7. The van der Waals surface area contributed by atoms with Crippen LogP contribution in [0, 0.1) is 17.1 Å². The number of benzene rings is 2. The number of carbonyl (C=O) groups is 2. The van der Waals surface area contributed by atoms with Crippen molar-refractivity contribution >= 4 is 17.4 Å². The quantitative estimate of drug-likeness (QED) is 0.792. The van der Waals surface area contributed by atoms with Gasteiger partial charge in [-0.1, -0.05) is 0 Å². The van der Waals surface area contributed by atoms with Crippen LogP contribution in [0.2, 0.25) is 0 Å². The Morgan fingerprint density at radius 2 is 1.71 bits per heavy atom. The van der Waals surface area contributed by atoms with E-state index in [2.05, 4.69) is 5.32 Å². The molecule has 0 aromatic heterocycles. The predicted molar refractivity (Wildman–Crippen MR) is 86.1 cm³/mol. The molecule has 0 unspecified atom stereocenters. The topological polar surface area (TPSA) is 79.2 Å². The molecule has 1 N–H and O–H groups in total. The highest BCUT2D eigenvalue weighted by Gasteiger charge is 2.10. The SMILES string of the molecule is N#CCOc1ccc(NC(=O)CCC(=O)c2ccc(F)cc2)cc1. The van der Waals surface area contributed by atoms with Gasteiger partial charge in [0.2, 0.25) is 5.91 Å². The van der Waals surface area contributed by atoms with E-state index in [0.717, 1.165) is 0 Å². The van der Waals surface area contributed by atoms with Gasteiger partial charge in [-0.15, -0.1) is 0 Å². The van der Waals surface area contributed by atoms with Crippen LogP contribution < -0.4 is 10.1 Å². The molecule has 2 rings (SSSR count). The molecule has 0 spiro atoms. The summed E-state index contributed by atoms with van der Waals surface area (Å²) in [6.45, 7) is -0.0444. The van der Waals surface area contributed by atoms with Crippen molar-refractivity contribution in [2.75, 3.05) is 11.9 Å². The Labute approximate surface area is 138 Å². The Kier molecular flexibility index (Phi) is 6.03. The number of nitriles is 1. The molecule has 5 nitrogen and oxygen atoms in total. The van der Waals surface area contributed by atoms with Crippen molar-refractivity contribution in [2.24, 2.45) is 0 Å². The molecule has 122 valence electrons. The fraction of sp³-hybridized carbons (Fsp3) is 0.167. The van der Waals surface area contributed by atoms with E-state index >= 15 is 0 Å². The lowest BCUT2D eigenvalue weighted by Gasteiger charge is -2.06. The lowest BCUT2D eigenvalue weighted by atomic mass is 10.1. The number of halogens is 1.